The molecule has 4 heteroatoms. The third-order valence-electron chi connectivity index (χ3n) is 4.21. The normalized spacial score (nSPS) is 22.7. The second kappa shape index (κ2) is 6.49. The van der Waals surface area contributed by atoms with Gasteiger partial charge in [0.15, 0.2) is 0 Å². The van der Waals surface area contributed by atoms with Gasteiger partial charge in [0, 0.05) is 29.8 Å². The molecule has 1 fully saturated rings. The first-order valence-electron chi connectivity index (χ1n) is 7.39. The smallest absolute Gasteiger partial charge is 0.256 e. The Morgan fingerprint density at radius 2 is 2.20 bits per heavy atom. The SMILES string of the molecule is CCNc1ccc(Cl)cc1C(=O)N1CCCC(C)C1C. The first-order chi connectivity index (χ1) is 9.54. The van der Waals surface area contributed by atoms with E-state index < -0.39 is 0 Å². The number of nitrogens with zero attached hydrogens (tertiary/aromatic N) is 1. The monoisotopic (exact) mass is 294 g/mol. The van der Waals surface area contributed by atoms with E-state index >= 15 is 0 Å². The van der Waals surface area contributed by atoms with Crippen molar-refractivity contribution in [2.75, 3.05) is 18.4 Å². The fraction of sp³-hybridized carbons (Fsp3) is 0.562. The van der Waals surface area contributed by atoms with Crippen molar-refractivity contribution < 1.29 is 4.79 Å². The number of halogens is 1. The van der Waals surface area contributed by atoms with Crippen LogP contribution in [0.25, 0.3) is 0 Å². The maximum atomic E-state index is 12.8. The average molecular weight is 295 g/mol. The molecule has 3 nitrogen and oxygen atoms in total. The zero-order valence-corrected chi connectivity index (χ0v) is 13.2. The van der Waals surface area contributed by atoms with Gasteiger partial charge in [-0.25, -0.2) is 0 Å². The van der Waals surface area contributed by atoms with Crippen LogP contribution in [0.4, 0.5) is 5.69 Å². The van der Waals surface area contributed by atoms with Crippen LogP contribution in [0.3, 0.4) is 0 Å². The van der Waals surface area contributed by atoms with Crippen molar-refractivity contribution in [3.05, 3.63) is 28.8 Å². The number of piperidine rings is 1. The van der Waals surface area contributed by atoms with Crippen LogP contribution < -0.4 is 5.32 Å². The van der Waals surface area contributed by atoms with Gasteiger partial charge < -0.3 is 10.2 Å². The summed E-state index contributed by atoms with van der Waals surface area (Å²) in [5.41, 5.74) is 1.55. The van der Waals surface area contributed by atoms with Gasteiger partial charge in [-0.05, 0) is 50.8 Å². The summed E-state index contributed by atoms with van der Waals surface area (Å²) in [6.07, 6.45) is 2.27. The van der Waals surface area contributed by atoms with E-state index in [2.05, 4.69) is 19.2 Å². The predicted molar refractivity (Wildman–Crippen MR) is 84.5 cm³/mol. The highest BCUT2D eigenvalue weighted by molar-refractivity contribution is 6.31. The molecule has 0 aliphatic carbocycles. The van der Waals surface area contributed by atoms with Gasteiger partial charge in [-0.15, -0.1) is 0 Å². The quantitative estimate of drug-likeness (QED) is 0.913. The second-order valence-electron chi connectivity index (χ2n) is 5.58. The minimum Gasteiger partial charge on any atom is -0.385 e. The molecule has 2 atom stereocenters. The molecular formula is C16H23ClN2O. The lowest BCUT2D eigenvalue weighted by Gasteiger charge is -2.38. The molecule has 2 rings (SSSR count). The number of nitrogens with one attached hydrogen (secondary N) is 1. The molecule has 0 radical (unpaired) electrons. The van der Waals surface area contributed by atoms with Gasteiger partial charge in [0.2, 0.25) is 0 Å². The molecule has 0 aromatic heterocycles. The maximum Gasteiger partial charge on any atom is 0.256 e. The summed E-state index contributed by atoms with van der Waals surface area (Å²) in [6.45, 7) is 8.00. The number of rotatable bonds is 3. The molecule has 1 aliphatic rings. The van der Waals surface area contributed by atoms with Crippen LogP contribution in [0.1, 0.15) is 44.0 Å². The van der Waals surface area contributed by atoms with Crippen LogP contribution in [-0.4, -0.2) is 29.9 Å². The molecule has 1 amide bonds. The van der Waals surface area contributed by atoms with Crippen molar-refractivity contribution in [3.8, 4) is 0 Å². The minimum absolute atomic E-state index is 0.0856. The number of likely N-dealkylation sites (tertiary alicyclic amines) is 1. The molecular weight excluding hydrogens is 272 g/mol. The van der Waals surface area contributed by atoms with E-state index in [0.29, 0.717) is 16.5 Å². The van der Waals surface area contributed by atoms with Crippen molar-refractivity contribution >= 4 is 23.2 Å². The summed E-state index contributed by atoms with van der Waals surface area (Å²) in [5.74, 6) is 0.636. The highest BCUT2D eigenvalue weighted by Gasteiger charge is 2.30. The molecule has 20 heavy (non-hydrogen) atoms. The van der Waals surface area contributed by atoms with Crippen LogP contribution in [0.2, 0.25) is 5.02 Å². The van der Waals surface area contributed by atoms with Crippen LogP contribution in [0.5, 0.6) is 0 Å². The van der Waals surface area contributed by atoms with Crippen molar-refractivity contribution in [3.63, 3.8) is 0 Å². The number of carbonyl (C=O) groups is 1. The van der Waals surface area contributed by atoms with Crippen LogP contribution in [0.15, 0.2) is 18.2 Å². The van der Waals surface area contributed by atoms with E-state index in [9.17, 15) is 4.79 Å². The molecule has 1 aliphatic heterocycles. The third kappa shape index (κ3) is 3.09. The molecule has 1 heterocycles. The second-order valence-corrected chi connectivity index (χ2v) is 6.02. The number of benzene rings is 1. The number of hydrogen-bond acceptors (Lipinski definition) is 2. The number of hydrogen-bond donors (Lipinski definition) is 1. The number of anilines is 1. The molecule has 2 unspecified atom stereocenters. The van der Waals surface area contributed by atoms with Crippen molar-refractivity contribution in [2.24, 2.45) is 5.92 Å². The van der Waals surface area contributed by atoms with E-state index in [4.69, 9.17) is 11.6 Å². The van der Waals surface area contributed by atoms with E-state index in [1.165, 1.54) is 6.42 Å². The first-order valence-corrected chi connectivity index (χ1v) is 7.76. The highest BCUT2D eigenvalue weighted by Crippen LogP contribution is 2.28. The molecule has 1 aromatic rings. The number of amides is 1. The Balaban J connectivity index is 2.30. The molecule has 1 saturated heterocycles. The average Bonchev–Trinajstić information content (AvgIpc) is 2.43. The van der Waals surface area contributed by atoms with Crippen molar-refractivity contribution in [1.82, 2.24) is 4.90 Å². The van der Waals surface area contributed by atoms with Gasteiger partial charge in [-0.3, -0.25) is 4.79 Å². The van der Waals surface area contributed by atoms with Gasteiger partial charge in [0.1, 0.15) is 0 Å². The third-order valence-corrected chi connectivity index (χ3v) is 4.45. The Bertz CT molecular complexity index is 489. The van der Waals surface area contributed by atoms with Gasteiger partial charge in [-0.2, -0.15) is 0 Å². The predicted octanol–water partition coefficient (Wildman–Crippen LogP) is 4.03. The van der Waals surface area contributed by atoms with Crippen molar-refractivity contribution in [1.29, 1.82) is 0 Å². The Labute approximate surface area is 126 Å². The summed E-state index contributed by atoms with van der Waals surface area (Å²) in [7, 11) is 0. The van der Waals surface area contributed by atoms with Gasteiger partial charge in [0.25, 0.3) is 5.91 Å². The fourth-order valence-corrected chi connectivity index (χ4v) is 2.99. The van der Waals surface area contributed by atoms with Gasteiger partial charge in [0.05, 0.1) is 5.56 Å². The standard InChI is InChI=1S/C16H23ClN2O/c1-4-18-15-8-7-13(17)10-14(15)16(20)19-9-5-6-11(2)12(19)3/h7-8,10-12,18H,4-6,9H2,1-3H3. The Kier molecular flexibility index (Phi) is 4.92. The molecule has 1 N–H and O–H groups in total. The molecule has 110 valence electrons. The largest absolute Gasteiger partial charge is 0.385 e. The van der Waals surface area contributed by atoms with E-state index in [1.807, 2.05) is 24.0 Å². The van der Waals surface area contributed by atoms with Crippen molar-refractivity contribution in [2.45, 2.75) is 39.7 Å². The summed E-state index contributed by atoms with van der Waals surface area (Å²) in [4.78, 5) is 14.8. The molecule has 0 spiro atoms. The topological polar surface area (TPSA) is 32.3 Å². The molecule has 1 aromatic carbocycles. The summed E-state index contributed by atoms with van der Waals surface area (Å²) < 4.78 is 0. The van der Waals surface area contributed by atoms with E-state index in [1.54, 1.807) is 6.07 Å². The number of carbonyl (C=O) groups excluding carboxylic acids is 1. The molecule has 0 bridgehead atoms. The van der Waals surface area contributed by atoms with Gasteiger partial charge in [-0.1, -0.05) is 18.5 Å². The molecule has 0 saturated carbocycles. The Morgan fingerprint density at radius 3 is 2.90 bits per heavy atom. The lowest BCUT2D eigenvalue weighted by molar-refractivity contribution is 0.0552. The fourth-order valence-electron chi connectivity index (χ4n) is 2.81. The Morgan fingerprint density at radius 1 is 1.45 bits per heavy atom. The lowest BCUT2D eigenvalue weighted by Crippen LogP contribution is -2.46. The van der Waals surface area contributed by atoms with E-state index in [0.717, 1.165) is 25.2 Å². The first kappa shape index (κ1) is 15.2. The maximum absolute atomic E-state index is 12.8. The highest BCUT2D eigenvalue weighted by atomic mass is 35.5. The van der Waals surface area contributed by atoms with Crippen LogP contribution >= 0.6 is 11.6 Å². The summed E-state index contributed by atoms with van der Waals surface area (Å²) in [6, 6.07) is 5.76. The lowest BCUT2D eigenvalue weighted by atomic mass is 9.91. The Hall–Kier alpha value is -1.22. The zero-order chi connectivity index (χ0) is 14.7. The zero-order valence-electron chi connectivity index (χ0n) is 12.4. The van der Waals surface area contributed by atoms with Crippen LogP contribution in [0, 0.1) is 5.92 Å². The summed E-state index contributed by atoms with van der Waals surface area (Å²) >= 11 is 6.07. The summed E-state index contributed by atoms with van der Waals surface area (Å²) in [5, 5.41) is 3.85. The van der Waals surface area contributed by atoms with E-state index in [-0.39, 0.29) is 11.9 Å². The minimum atomic E-state index is 0.0856. The van der Waals surface area contributed by atoms with Crippen LogP contribution in [-0.2, 0) is 0 Å². The van der Waals surface area contributed by atoms with Gasteiger partial charge >= 0.3 is 0 Å².